The van der Waals surface area contributed by atoms with Crippen LogP contribution in [-0.2, 0) is 14.3 Å². The predicted molar refractivity (Wildman–Crippen MR) is 74.0 cm³/mol. The lowest BCUT2D eigenvalue weighted by Gasteiger charge is -2.32. The summed E-state index contributed by atoms with van der Waals surface area (Å²) >= 11 is 0. The van der Waals surface area contributed by atoms with Crippen molar-refractivity contribution in [2.75, 3.05) is 13.7 Å². The average molecular weight is 269 g/mol. The van der Waals surface area contributed by atoms with Crippen LogP contribution in [0.3, 0.4) is 0 Å². The van der Waals surface area contributed by atoms with Gasteiger partial charge in [-0.15, -0.1) is 0 Å². The molecule has 1 aliphatic heterocycles. The zero-order valence-electron chi connectivity index (χ0n) is 12.2. The van der Waals surface area contributed by atoms with Gasteiger partial charge in [0, 0.05) is 13.5 Å². The van der Waals surface area contributed by atoms with Gasteiger partial charge >= 0.3 is 5.97 Å². The maximum absolute atomic E-state index is 12.2. The number of ether oxygens (including phenoxy) is 2. The van der Waals surface area contributed by atoms with E-state index >= 15 is 0 Å². The molecule has 0 aromatic carbocycles. The first-order valence-corrected chi connectivity index (χ1v) is 7.69. The van der Waals surface area contributed by atoms with Crippen molar-refractivity contribution in [1.29, 1.82) is 0 Å². The highest BCUT2D eigenvalue weighted by atomic mass is 16.5. The van der Waals surface area contributed by atoms with Gasteiger partial charge in [0.15, 0.2) is 0 Å². The van der Waals surface area contributed by atoms with E-state index in [-0.39, 0.29) is 24.2 Å². The SMILES string of the molecule is CCC1CCNC(C(=O)OC2CCCC(OC)C2)C1. The number of hydrogen-bond donors (Lipinski definition) is 1. The summed E-state index contributed by atoms with van der Waals surface area (Å²) in [5, 5.41) is 3.29. The third kappa shape index (κ3) is 4.18. The van der Waals surface area contributed by atoms with Gasteiger partial charge < -0.3 is 14.8 Å². The lowest BCUT2D eigenvalue weighted by molar-refractivity contribution is -0.156. The zero-order valence-corrected chi connectivity index (χ0v) is 12.2. The van der Waals surface area contributed by atoms with Crippen LogP contribution in [0.2, 0.25) is 0 Å². The van der Waals surface area contributed by atoms with E-state index in [0.717, 1.165) is 45.1 Å². The number of piperidine rings is 1. The Morgan fingerprint density at radius 3 is 2.74 bits per heavy atom. The Morgan fingerprint density at radius 1 is 1.21 bits per heavy atom. The smallest absolute Gasteiger partial charge is 0.323 e. The van der Waals surface area contributed by atoms with Crippen molar-refractivity contribution in [1.82, 2.24) is 5.32 Å². The molecular weight excluding hydrogens is 242 g/mol. The van der Waals surface area contributed by atoms with E-state index in [1.807, 2.05) is 0 Å². The summed E-state index contributed by atoms with van der Waals surface area (Å²) in [6.07, 6.45) is 7.58. The first kappa shape index (κ1) is 14.8. The number of esters is 1. The summed E-state index contributed by atoms with van der Waals surface area (Å²) in [6, 6.07) is -0.0957. The summed E-state index contributed by atoms with van der Waals surface area (Å²) in [6.45, 7) is 3.13. The fourth-order valence-electron chi connectivity index (χ4n) is 3.22. The molecular formula is C15H27NO3. The molecule has 0 aromatic heterocycles. The quantitative estimate of drug-likeness (QED) is 0.795. The van der Waals surface area contributed by atoms with Gasteiger partial charge in [0.25, 0.3) is 0 Å². The van der Waals surface area contributed by atoms with Gasteiger partial charge in [-0.3, -0.25) is 4.79 Å². The molecule has 1 aliphatic carbocycles. The summed E-state index contributed by atoms with van der Waals surface area (Å²) in [7, 11) is 1.74. The second kappa shape index (κ2) is 7.25. The van der Waals surface area contributed by atoms with E-state index in [1.54, 1.807) is 7.11 Å². The Labute approximate surface area is 116 Å². The summed E-state index contributed by atoms with van der Waals surface area (Å²) < 4.78 is 11.1. The second-order valence-electron chi connectivity index (χ2n) is 5.89. The fourth-order valence-corrected chi connectivity index (χ4v) is 3.22. The molecule has 0 bridgehead atoms. The zero-order chi connectivity index (χ0) is 13.7. The van der Waals surface area contributed by atoms with Crippen LogP contribution >= 0.6 is 0 Å². The van der Waals surface area contributed by atoms with Crippen LogP contribution in [0.4, 0.5) is 0 Å². The normalized spacial score (nSPS) is 35.9. The Morgan fingerprint density at radius 2 is 2.00 bits per heavy atom. The van der Waals surface area contributed by atoms with Crippen LogP contribution in [0.1, 0.15) is 51.9 Å². The number of carbonyl (C=O) groups is 1. The molecule has 2 aliphatic rings. The van der Waals surface area contributed by atoms with E-state index in [4.69, 9.17) is 9.47 Å². The molecule has 1 saturated heterocycles. The lowest BCUT2D eigenvalue weighted by Crippen LogP contribution is -2.45. The summed E-state index contributed by atoms with van der Waals surface area (Å²) in [4.78, 5) is 12.2. The van der Waals surface area contributed by atoms with E-state index in [0.29, 0.717) is 5.92 Å². The molecule has 0 spiro atoms. The van der Waals surface area contributed by atoms with Crippen molar-refractivity contribution in [2.24, 2.45) is 5.92 Å². The van der Waals surface area contributed by atoms with E-state index < -0.39 is 0 Å². The van der Waals surface area contributed by atoms with Gasteiger partial charge in [0.05, 0.1) is 6.10 Å². The fraction of sp³-hybridized carbons (Fsp3) is 0.933. The Hall–Kier alpha value is -0.610. The van der Waals surface area contributed by atoms with E-state index in [1.165, 1.54) is 6.42 Å². The van der Waals surface area contributed by atoms with Gasteiger partial charge in [0.1, 0.15) is 12.1 Å². The molecule has 19 heavy (non-hydrogen) atoms. The van der Waals surface area contributed by atoms with Crippen LogP contribution < -0.4 is 5.32 Å². The van der Waals surface area contributed by atoms with Gasteiger partial charge in [0.2, 0.25) is 0 Å². The van der Waals surface area contributed by atoms with Gasteiger partial charge in [-0.05, 0) is 44.6 Å². The molecule has 0 amide bonds. The Bertz CT molecular complexity index is 295. The Kier molecular flexibility index (Phi) is 5.64. The minimum absolute atomic E-state index is 0.0509. The van der Waals surface area contributed by atoms with Crippen molar-refractivity contribution in [2.45, 2.75) is 70.1 Å². The molecule has 1 heterocycles. The second-order valence-corrected chi connectivity index (χ2v) is 5.89. The predicted octanol–water partition coefficient (Wildman–Crippen LogP) is 2.27. The molecule has 0 radical (unpaired) electrons. The largest absolute Gasteiger partial charge is 0.461 e. The number of carbonyl (C=O) groups excluding carboxylic acids is 1. The van der Waals surface area contributed by atoms with E-state index in [2.05, 4.69) is 12.2 Å². The molecule has 4 nitrogen and oxygen atoms in total. The highest BCUT2D eigenvalue weighted by Crippen LogP contribution is 2.25. The number of methoxy groups -OCH3 is 1. The Balaban J connectivity index is 1.79. The van der Waals surface area contributed by atoms with Crippen LogP contribution in [0, 0.1) is 5.92 Å². The van der Waals surface area contributed by atoms with Crippen LogP contribution in [0.15, 0.2) is 0 Å². The molecule has 2 rings (SSSR count). The van der Waals surface area contributed by atoms with E-state index in [9.17, 15) is 4.79 Å². The summed E-state index contributed by atoms with van der Waals surface area (Å²) in [5.41, 5.74) is 0. The average Bonchev–Trinajstić information content (AvgIpc) is 2.47. The molecule has 1 saturated carbocycles. The van der Waals surface area contributed by atoms with Crippen LogP contribution in [0.25, 0.3) is 0 Å². The summed E-state index contributed by atoms with van der Waals surface area (Å²) in [5.74, 6) is 0.608. The minimum atomic E-state index is -0.0957. The standard InChI is InChI=1S/C15H27NO3/c1-3-11-7-8-16-14(9-11)15(17)19-13-6-4-5-12(10-13)18-2/h11-14,16H,3-10H2,1-2H3. The highest BCUT2D eigenvalue weighted by Gasteiger charge is 2.30. The maximum Gasteiger partial charge on any atom is 0.323 e. The van der Waals surface area contributed by atoms with Gasteiger partial charge in [-0.1, -0.05) is 13.3 Å². The van der Waals surface area contributed by atoms with Crippen molar-refractivity contribution in [3.8, 4) is 0 Å². The molecule has 2 fully saturated rings. The van der Waals surface area contributed by atoms with Crippen molar-refractivity contribution in [3.63, 3.8) is 0 Å². The third-order valence-corrected chi connectivity index (χ3v) is 4.57. The van der Waals surface area contributed by atoms with Crippen LogP contribution in [-0.4, -0.2) is 37.9 Å². The first-order chi connectivity index (χ1) is 9.22. The lowest BCUT2D eigenvalue weighted by atomic mass is 9.90. The minimum Gasteiger partial charge on any atom is -0.461 e. The topological polar surface area (TPSA) is 47.6 Å². The third-order valence-electron chi connectivity index (χ3n) is 4.57. The van der Waals surface area contributed by atoms with Gasteiger partial charge in [-0.25, -0.2) is 0 Å². The monoisotopic (exact) mass is 269 g/mol. The number of hydrogen-bond acceptors (Lipinski definition) is 4. The van der Waals surface area contributed by atoms with Crippen molar-refractivity contribution < 1.29 is 14.3 Å². The molecule has 4 unspecified atom stereocenters. The van der Waals surface area contributed by atoms with Crippen LogP contribution in [0.5, 0.6) is 0 Å². The number of rotatable bonds is 4. The molecule has 4 heteroatoms. The number of nitrogens with one attached hydrogen (secondary N) is 1. The van der Waals surface area contributed by atoms with Crippen molar-refractivity contribution in [3.05, 3.63) is 0 Å². The molecule has 0 aromatic rings. The maximum atomic E-state index is 12.2. The molecule has 4 atom stereocenters. The van der Waals surface area contributed by atoms with Crippen molar-refractivity contribution >= 4 is 5.97 Å². The van der Waals surface area contributed by atoms with Gasteiger partial charge in [-0.2, -0.15) is 0 Å². The first-order valence-electron chi connectivity index (χ1n) is 7.69. The highest BCUT2D eigenvalue weighted by molar-refractivity contribution is 5.76. The molecule has 110 valence electrons. The molecule has 1 N–H and O–H groups in total.